The molecule has 2 saturated heterocycles. The molecule has 0 radical (unpaired) electrons. The lowest BCUT2D eigenvalue weighted by molar-refractivity contribution is -0.131. The van der Waals surface area contributed by atoms with E-state index in [2.05, 4.69) is 26.1 Å². The number of amides is 1. The number of morpholine rings is 1. The van der Waals surface area contributed by atoms with E-state index in [9.17, 15) is 4.79 Å². The second kappa shape index (κ2) is 9.75. The van der Waals surface area contributed by atoms with Crippen LogP contribution in [0.1, 0.15) is 12.0 Å². The SMILES string of the molecule is COc1ccc(CCC(=O)N2CCN(c3cnnc(N4CCOCC4)c3)CC2)cc1. The first-order valence-corrected chi connectivity index (χ1v) is 10.5. The van der Waals surface area contributed by atoms with Crippen LogP contribution in [0.5, 0.6) is 5.75 Å². The molecule has 2 fully saturated rings. The Morgan fingerprint density at radius 2 is 1.77 bits per heavy atom. The molecule has 0 atom stereocenters. The Morgan fingerprint density at radius 3 is 2.47 bits per heavy atom. The van der Waals surface area contributed by atoms with E-state index in [-0.39, 0.29) is 5.91 Å². The fourth-order valence-electron chi connectivity index (χ4n) is 3.88. The molecule has 2 aliphatic rings. The molecule has 0 unspecified atom stereocenters. The summed E-state index contributed by atoms with van der Waals surface area (Å²) in [5.41, 5.74) is 2.22. The van der Waals surface area contributed by atoms with Crippen molar-refractivity contribution < 1.29 is 14.3 Å². The summed E-state index contributed by atoms with van der Waals surface area (Å²) in [6.45, 7) is 6.22. The number of hydrogen-bond donors (Lipinski definition) is 0. The Kier molecular flexibility index (Phi) is 6.63. The maximum absolute atomic E-state index is 12.6. The summed E-state index contributed by atoms with van der Waals surface area (Å²) < 4.78 is 10.6. The van der Waals surface area contributed by atoms with Crippen molar-refractivity contribution in [3.05, 3.63) is 42.1 Å². The van der Waals surface area contributed by atoms with Crippen molar-refractivity contribution in [2.45, 2.75) is 12.8 Å². The number of nitrogens with zero attached hydrogens (tertiary/aromatic N) is 5. The number of carbonyl (C=O) groups excluding carboxylic acids is 1. The highest BCUT2D eigenvalue weighted by Crippen LogP contribution is 2.21. The Labute approximate surface area is 177 Å². The monoisotopic (exact) mass is 411 g/mol. The van der Waals surface area contributed by atoms with Crippen LogP contribution in [0.25, 0.3) is 0 Å². The van der Waals surface area contributed by atoms with Gasteiger partial charge in [-0.3, -0.25) is 4.79 Å². The Balaban J connectivity index is 1.27. The molecule has 0 aliphatic carbocycles. The minimum Gasteiger partial charge on any atom is -0.497 e. The largest absolute Gasteiger partial charge is 0.497 e. The van der Waals surface area contributed by atoms with Crippen molar-refractivity contribution in [2.75, 3.05) is 69.4 Å². The van der Waals surface area contributed by atoms with Crippen LogP contribution in [0.2, 0.25) is 0 Å². The quantitative estimate of drug-likeness (QED) is 0.715. The normalized spacial score (nSPS) is 17.2. The van der Waals surface area contributed by atoms with E-state index in [1.165, 1.54) is 0 Å². The van der Waals surface area contributed by atoms with E-state index in [0.29, 0.717) is 6.42 Å². The fourth-order valence-corrected chi connectivity index (χ4v) is 3.88. The van der Waals surface area contributed by atoms with Gasteiger partial charge in [0.2, 0.25) is 5.91 Å². The molecular weight excluding hydrogens is 382 g/mol. The lowest BCUT2D eigenvalue weighted by Gasteiger charge is -2.36. The summed E-state index contributed by atoms with van der Waals surface area (Å²) >= 11 is 0. The average molecular weight is 412 g/mol. The summed E-state index contributed by atoms with van der Waals surface area (Å²) in [7, 11) is 1.66. The molecular formula is C22H29N5O3. The number of hydrogen-bond acceptors (Lipinski definition) is 7. The first kappa shape index (κ1) is 20.4. The van der Waals surface area contributed by atoms with Gasteiger partial charge in [-0.15, -0.1) is 5.10 Å². The number of benzene rings is 1. The van der Waals surface area contributed by atoms with Crippen LogP contribution in [0, 0.1) is 0 Å². The van der Waals surface area contributed by atoms with Crippen molar-refractivity contribution in [3.63, 3.8) is 0 Å². The number of ether oxygens (including phenoxy) is 2. The van der Waals surface area contributed by atoms with Gasteiger partial charge in [-0.25, -0.2) is 0 Å². The maximum Gasteiger partial charge on any atom is 0.223 e. The minimum atomic E-state index is 0.215. The van der Waals surface area contributed by atoms with Gasteiger partial charge in [0, 0.05) is 51.8 Å². The Morgan fingerprint density at radius 1 is 1.03 bits per heavy atom. The van der Waals surface area contributed by atoms with Crippen molar-refractivity contribution in [1.29, 1.82) is 0 Å². The third-order valence-electron chi connectivity index (χ3n) is 5.75. The maximum atomic E-state index is 12.6. The smallest absolute Gasteiger partial charge is 0.223 e. The summed E-state index contributed by atoms with van der Waals surface area (Å²) in [6, 6.07) is 10.0. The van der Waals surface area contributed by atoms with Crippen LogP contribution in [-0.2, 0) is 16.0 Å². The van der Waals surface area contributed by atoms with E-state index in [4.69, 9.17) is 9.47 Å². The number of aryl methyl sites for hydroxylation is 1. The second-order valence-electron chi connectivity index (χ2n) is 7.59. The van der Waals surface area contributed by atoms with Gasteiger partial charge in [0.15, 0.2) is 5.82 Å². The lowest BCUT2D eigenvalue weighted by Crippen LogP contribution is -2.49. The van der Waals surface area contributed by atoms with Gasteiger partial charge in [0.25, 0.3) is 0 Å². The van der Waals surface area contributed by atoms with Gasteiger partial charge in [-0.1, -0.05) is 12.1 Å². The zero-order valence-corrected chi connectivity index (χ0v) is 17.5. The molecule has 8 nitrogen and oxygen atoms in total. The second-order valence-corrected chi connectivity index (χ2v) is 7.59. The molecule has 1 aromatic carbocycles. The fraction of sp³-hybridized carbons (Fsp3) is 0.500. The van der Waals surface area contributed by atoms with Gasteiger partial charge in [-0.2, -0.15) is 5.10 Å². The minimum absolute atomic E-state index is 0.215. The van der Waals surface area contributed by atoms with E-state index in [1.807, 2.05) is 35.4 Å². The molecule has 8 heteroatoms. The summed E-state index contributed by atoms with van der Waals surface area (Å²) in [5, 5.41) is 8.49. The van der Waals surface area contributed by atoms with Crippen molar-refractivity contribution in [3.8, 4) is 5.75 Å². The predicted molar refractivity (Wildman–Crippen MR) is 115 cm³/mol. The van der Waals surface area contributed by atoms with E-state index in [1.54, 1.807) is 7.11 Å². The summed E-state index contributed by atoms with van der Waals surface area (Å²) in [5.74, 6) is 1.95. The third-order valence-corrected chi connectivity index (χ3v) is 5.75. The molecule has 160 valence electrons. The molecule has 1 amide bonds. The zero-order chi connectivity index (χ0) is 20.8. The number of methoxy groups -OCH3 is 1. The van der Waals surface area contributed by atoms with Crippen LogP contribution in [0.3, 0.4) is 0 Å². The molecule has 0 spiro atoms. The number of aromatic nitrogens is 2. The van der Waals surface area contributed by atoms with E-state index < -0.39 is 0 Å². The first-order valence-electron chi connectivity index (χ1n) is 10.5. The topological polar surface area (TPSA) is 71.0 Å². The molecule has 0 N–H and O–H groups in total. The van der Waals surface area contributed by atoms with Crippen molar-refractivity contribution >= 4 is 17.4 Å². The number of rotatable bonds is 6. The van der Waals surface area contributed by atoms with Gasteiger partial charge >= 0.3 is 0 Å². The van der Waals surface area contributed by atoms with Crippen LogP contribution >= 0.6 is 0 Å². The molecule has 4 rings (SSSR count). The summed E-state index contributed by atoms with van der Waals surface area (Å²) in [4.78, 5) is 19.1. The number of anilines is 2. The molecule has 2 aromatic rings. The van der Waals surface area contributed by atoms with Gasteiger partial charge in [-0.05, 0) is 24.1 Å². The van der Waals surface area contributed by atoms with E-state index >= 15 is 0 Å². The number of piperazine rings is 1. The number of carbonyl (C=O) groups is 1. The highest BCUT2D eigenvalue weighted by molar-refractivity contribution is 5.76. The van der Waals surface area contributed by atoms with Gasteiger partial charge in [0.05, 0.1) is 32.2 Å². The van der Waals surface area contributed by atoms with Crippen molar-refractivity contribution in [2.24, 2.45) is 0 Å². The highest BCUT2D eigenvalue weighted by atomic mass is 16.5. The van der Waals surface area contributed by atoms with Gasteiger partial charge < -0.3 is 24.2 Å². The third kappa shape index (κ3) is 4.99. The predicted octanol–water partition coefficient (Wildman–Crippen LogP) is 1.60. The Hall–Kier alpha value is -2.87. The van der Waals surface area contributed by atoms with Crippen LogP contribution in [-0.4, -0.2) is 80.6 Å². The zero-order valence-electron chi connectivity index (χ0n) is 17.5. The molecule has 0 bridgehead atoms. The van der Waals surface area contributed by atoms with E-state index in [0.717, 1.165) is 81.7 Å². The molecule has 1 aromatic heterocycles. The molecule has 30 heavy (non-hydrogen) atoms. The van der Waals surface area contributed by atoms with Crippen LogP contribution < -0.4 is 14.5 Å². The first-order chi connectivity index (χ1) is 14.7. The van der Waals surface area contributed by atoms with Crippen LogP contribution in [0.4, 0.5) is 11.5 Å². The van der Waals surface area contributed by atoms with Gasteiger partial charge in [0.1, 0.15) is 5.75 Å². The molecule has 2 aliphatic heterocycles. The Bertz CT molecular complexity index is 831. The standard InChI is InChI=1S/C22H29N5O3/c1-29-20-5-2-18(3-6-20)4-7-22(28)27-10-8-25(9-11-27)19-16-21(24-23-17-19)26-12-14-30-15-13-26/h2-3,5-6,16-17H,4,7-15H2,1H3. The average Bonchev–Trinajstić information content (AvgIpc) is 2.83. The van der Waals surface area contributed by atoms with Crippen molar-refractivity contribution in [1.82, 2.24) is 15.1 Å². The highest BCUT2D eigenvalue weighted by Gasteiger charge is 2.22. The van der Waals surface area contributed by atoms with Crippen LogP contribution in [0.15, 0.2) is 36.5 Å². The lowest BCUT2D eigenvalue weighted by atomic mass is 10.1. The molecule has 0 saturated carbocycles. The molecule has 3 heterocycles. The summed E-state index contributed by atoms with van der Waals surface area (Å²) in [6.07, 6.45) is 3.09.